The Morgan fingerprint density at radius 3 is 2.50 bits per heavy atom. The van der Waals surface area contributed by atoms with Crippen LogP contribution in [-0.2, 0) is 0 Å². The van der Waals surface area contributed by atoms with Crippen LogP contribution in [0.5, 0.6) is 0 Å². The summed E-state index contributed by atoms with van der Waals surface area (Å²) in [5.74, 6) is 0. The summed E-state index contributed by atoms with van der Waals surface area (Å²) in [6.07, 6.45) is 0.914. The van der Waals surface area contributed by atoms with E-state index in [1.165, 1.54) is 10.8 Å². The monoisotopic (exact) mass is 211 g/mol. The topological polar surface area (TPSA) is 20.3 Å². The van der Waals surface area contributed by atoms with Gasteiger partial charge in [-0.3, -0.25) is 4.79 Å². The molecule has 0 atom stereocenters. The van der Waals surface area contributed by atoms with Crippen LogP contribution >= 0.6 is 0 Å². The first-order valence-corrected chi connectivity index (χ1v) is 5.29. The quantitative estimate of drug-likeness (QED) is 0.545. The van der Waals surface area contributed by atoms with Crippen LogP contribution in [0.3, 0.4) is 0 Å². The summed E-state index contributed by atoms with van der Waals surface area (Å²) in [6.45, 7) is 0. The molecule has 2 aromatic carbocycles. The van der Waals surface area contributed by atoms with Crippen molar-refractivity contribution in [3.8, 4) is 0 Å². The van der Waals surface area contributed by atoms with Crippen LogP contribution in [0.4, 0.5) is 5.69 Å². The van der Waals surface area contributed by atoms with Crippen molar-refractivity contribution in [3.05, 3.63) is 35.9 Å². The molecule has 0 fully saturated rings. The summed E-state index contributed by atoms with van der Waals surface area (Å²) in [5, 5.41) is 2.28. The summed E-state index contributed by atoms with van der Waals surface area (Å²) >= 11 is 0. The molecule has 0 heterocycles. The summed E-state index contributed by atoms with van der Waals surface area (Å²) in [5.41, 5.74) is 2.91. The zero-order valence-electron chi connectivity index (χ0n) is 9.82. The van der Waals surface area contributed by atoms with Crippen LogP contribution in [0, 0.1) is 0 Å². The second-order valence-electron chi connectivity index (χ2n) is 4.27. The molecule has 0 spiro atoms. The predicted octanol–water partition coefficient (Wildman–Crippen LogP) is 0.977. The van der Waals surface area contributed by atoms with Crippen LogP contribution in [0.15, 0.2) is 30.3 Å². The molecule has 0 aliphatic heterocycles. The Morgan fingerprint density at radius 2 is 1.88 bits per heavy atom. The number of nitrogens with zero attached hydrogens (tertiary/aromatic N) is 1. The first-order valence-electron chi connectivity index (χ1n) is 5.29. The lowest BCUT2D eigenvalue weighted by Crippen LogP contribution is -2.11. The molecule has 3 heteroatoms. The Hall–Kier alpha value is -1.77. The SMILES string of the molecule is Bc1ccc2cc(N(C)C)c(C=O)cc2c1. The number of carbonyl (C=O) groups excluding carboxylic acids is 1. The Kier molecular flexibility index (Phi) is 2.69. The molecule has 0 amide bonds. The molecular formula is C13H14BNO. The molecule has 0 saturated carbocycles. The maximum absolute atomic E-state index is 11.0. The minimum atomic E-state index is 0.739. The van der Waals surface area contributed by atoms with Gasteiger partial charge in [-0.1, -0.05) is 23.7 Å². The normalized spacial score (nSPS) is 10.4. The molecule has 0 N–H and O–H groups in total. The minimum Gasteiger partial charge on any atom is -0.377 e. The Balaban J connectivity index is 2.75. The van der Waals surface area contributed by atoms with E-state index in [1.807, 2.05) is 25.1 Å². The number of carbonyl (C=O) groups is 1. The molecule has 2 nitrogen and oxygen atoms in total. The van der Waals surface area contributed by atoms with Gasteiger partial charge < -0.3 is 4.90 Å². The first-order chi connectivity index (χ1) is 7.61. The summed E-state index contributed by atoms with van der Waals surface area (Å²) < 4.78 is 0. The van der Waals surface area contributed by atoms with Crippen molar-refractivity contribution in [2.45, 2.75) is 0 Å². The van der Waals surface area contributed by atoms with E-state index in [-0.39, 0.29) is 0 Å². The van der Waals surface area contributed by atoms with E-state index >= 15 is 0 Å². The number of aldehydes is 1. The Bertz CT molecular complexity index is 549. The number of fused-ring (bicyclic) bond motifs is 1. The molecule has 2 aromatic rings. The van der Waals surface area contributed by atoms with Crippen molar-refractivity contribution < 1.29 is 4.79 Å². The van der Waals surface area contributed by atoms with Crippen molar-refractivity contribution in [2.75, 3.05) is 19.0 Å². The third-order valence-corrected chi connectivity index (χ3v) is 2.75. The van der Waals surface area contributed by atoms with E-state index in [0.717, 1.165) is 22.9 Å². The molecular weight excluding hydrogens is 197 g/mol. The summed E-state index contributed by atoms with van der Waals surface area (Å²) in [7, 11) is 5.95. The second-order valence-corrected chi connectivity index (χ2v) is 4.27. The van der Waals surface area contributed by atoms with Gasteiger partial charge in [0.15, 0.2) is 6.29 Å². The van der Waals surface area contributed by atoms with E-state index in [9.17, 15) is 4.79 Å². The van der Waals surface area contributed by atoms with Crippen molar-refractivity contribution >= 4 is 36.1 Å². The first kappa shape index (κ1) is 10.7. The number of rotatable bonds is 2. The van der Waals surface area contributed by atoms with Gasteiger partial charge in [-0.15, -0.1) is 0 Å². The predicted molar refractivity (Wildman–Crippen MR) is 71.8 cm³/mol. The van der Waals surface area contributed by atoms with Crippen LogP contribution in [0.25, 0.3) is 10.8 Å². The fraction of sp³-hybridized carbons (Fsp3) is 0.154. The van der Waals surface area contributed by atoms with Crippen LogP contribution < -0.4 is 10.4 Å². The molecule has 0 saturated heterocycles. The van der Waals surface area contributed by atoms with Gasteiger partial charge in [0, 0.05) is 25.3 Å². The van der Waals surface area contributed by atoms with Crippen LogP contribution in [0.1, 0.15) is 10.4 Å². The average molecular weight is 211 g/mol. The lowest BCUT2D eigenvalue weighted by molar-refractivity contribution is 0.112. The molecule has 16 heavy (non-hydrogen) atoms. The maximum atomic E-state index is 11.0. The minimum absolute atomic E-state index is 0.739. The number of hydrogen-bond acceptors (Lipinski definition) is 2. The summed E-state index contributed by atoms with van der Waals surface area (Å²) in [6, 6.07) is 10.3. The lowest BCUT2D eigenvalue weighted by atomic mass is 9.92. The highest BCUT2D eigenvalue weighted by Crippen LogP contribution is 2.24. The molecule has 0 aliphatic rings. The standard InChI is InChI=1S/C13H14BNO/c1-15(2)13-7-9-3-4-12(14)6-10(9)5-11(13)8-16/h3-8H,14H2,1-2H3. The zero-order valence-corrected chi connectivity index (χ0v) is 9.82. The third-order valence-electron chi connectivity index (χ3n) is 2.75. The van der Waals surface area contributed by atoms with Crippen molar-refractivity contribution in [2.24, 2.45) is 0 Å². The van der Waals surface area contributed by atoms with Gasteiger partial charge in [0.05, 0.1) is 0 Å². The van der Waals surface area contributed by atoms with E-state index in [2.05, 4.69) is 32.1 Å². The van der Waals surface area contributed by atoms with Crippen molar-refractivity contribution in [1.29, 1.82) is 0 Å². The Labute approximate surface area is 96.3 Å². The fourth-order valence-corrected chi connectivity index (χ4v) is 1.90. The maximum Gasteiger partial charge on any atom is 0.152 e. The molecule has 0 radical (unpaired) electrons. The second kappa shape index (κ2) is 4.01. The molecule has 0 aliphatic carbocycles. The highest BCUT2D eigenvalue weighted by Gasteiger charge is 2.06. The third kappa shape index (κ3) is 1.81. The number of benzene rings is 2. The number of hydrogen-bond donors (Lipinski definition) is 0. The van der Waals surface area contributed by atoms with Gasteiger partial charge in [-0.2, -0.15) is 0 Å². The van der Waals surface area contributed by atoms with E-state index < -0.39 is 0 Å². The van der Waals surface area contributed by atoms with Gasteiger partial charge >= 0.3 is 0 Å². The lowest BCUT2D eigenvalue weighted by Gasteiger charge is -2.16. The zero-order chi connectivity index (χ0) is 11.7. The van der Waals surface area contributed by atoms with E-state index in [1.54, 1.807) is 0 Å². The van der Waals surface area contributed by atoms with Gasteiger partial charge in [0.2, 0.25) is 0 Å². The molecule has 0 bridgehead atoms. The molecule has 80 valence electrons. The van der Waals surface area contributed by atoms with Crippen LogP contribution in [-0.4, -0.2) is 28.2 Å². The van der Waals surface area contributed by atoms with E-state index in [0.29, 0.717) is 0 Å². The highest BCUT2D eigenvalue weighted by atomic mass is 16.1. The van der Waals surface area contributed by atoms with Gasteiger partial charge in [-0.25, -0.2) is 0 Å². The van der Waals surface area contributed by atoms with Gasteiger partial charge in [0.1, 0.15) is 7.85 Å². The van der Waals surface area contributed by atoms with Crippen molar-refractivity contribution in [3.63, 3.8) is 0 Å². The molecule has 0 unspecified atom stereocenters. The largest absolute Gasteiger partial charge is 0.377 e. The molecule has 0 aromatic heterocycles. The average Bonchev–Trinajstić information content (AvgIpc) is 2.26. The fourth-order valence-electron chi connectivity index (χ4n) is 1.90. The van der Waals surface area contributed by atoms with Gasteiger partial charge in [-0.05, 0) is 22.9 Å². The van der Waals surface area contributed by atoms with E-state index in [4.69, 9.17) is 0 Å². The summed E-state index contributed by atoms with van der Waals surface area (Å²) in [4.78, 5) is 13.0. The molecule has 2 rings (SSSR count). The number of anilines is 1. The smallest absolute Gasteiger partial charge is 0.152 e. The highest BCUT2D eigenvalue weighted by molar-refractivity contribution is 6.33. The Morgan fingerprint density at radius 1 is 1.12 bits per heavy atom. The van der Waals surface area contributed by atoms with Crippen LogP contribution in [0.2, 0.25) is 0 Å². The van der Waals surface area contributed by atoms with Gasteiger partial charge in [0.25, 0.3) is 0 Å². The van der Waals surface area contributed by atoms with Crippen molar-refractivity contribution in [1.82, 2.24) is 0 Å².